The molecule has 3 rings (SSSR count). The third-order valence-electron chi connectivity index (χ3n) is 4.35. The number of aromatic amines is 1. The topological polar surface area (TPSA) is 34.3 Å². The molecular formula is C16H24N4. The van der Waals surface area contributed by atoms with Gasteiger partial charge in [-0.05, 0) is 25.7 Å². The fourth-order valence-corrected chi connectivity index (χ4v) is 2.97. The second-order valence-corrected chi connectivity index (χ2v) is 5.89. The van der Waals surface area contributed by atoms with Gasteiger partial charge in [0.15, 0.2) is 0 Å². The summed E-state index contributed by atoms with van der Waals surface area (Å²) in [7, 11) is 4.44. The average molecular weight is 272 g/mol. The van der Waals surface area contributed by atoms with Crippen LogP contribution < -0.4 is 5.32 Å². The summed E-state index contributed by atoms with van der Waals surface area (Å²) >= 11 is 0. The Labute approximate surface area is 120 Å². The van der Waals surface area contributed by atoms with Gasteiger partial charge in [-0.25, -0.2) is 0 Å². The average Bonchev–Trinajstić information content (AvgIpc) is 2.86. The molecule has 1 unspecified atom stereocenters. The van der Waals surface area contributed by atoms with Gasteiger partial charge < -0.3 is 15.2 Å². The van der Waals surface area contributed by atoms with Crippen LogP contribution >= 0.6 is 0 Å². The molecule has 1 aliphatic rings. The molecule has 1 aromatic carbocycles. The molecule has 2 aromatic rings. The van der Waals surface area contributed by atoms with Crippen molar-refractivity contribution >= 4 is 10.9 Å². The molecule has 4 nitrogen and oxygen atoms in total. The Bertz CT molecular complexity index is 562. The third kappa shape index (κ3) is 2.87. The lowest BCUT2D eigenvalue weighted by Gasteiger charge is -2.37. The first-order chi connectivity index (χ1) is 9.74. The third-order valence-corrected chi connectivity index (χ3v) is 4.35. The fraction of sp³-hybridized carbons (Fsp3) is 0.500. The molecule has 1 fully saturated rings. The number of nitrogens with zero attached hydrogens (tertiary/aromatic N) is 2. The Morgan fingerprint density at radius 2 is 2.10 bits per heavy atom. The minimum Gasteiger partial charge on any atom is -0.361 e. The molecule has 0 aliphatic carbocycles. The Morgan fingerprint density at radius 3 is 3.00 bits per heavy atom. The van der Waals surface area contributed by atoms with Gasteiger partial charge in [0.05, 0.1) is 0 Å². The molecule has 0 bridgehead atoms. The van der Waals surface area contributed by atoms with E-state index < -0.39 is 0 Å². The largest absolute Gasteiger partial charge is 0.361 e. The fourth-order valence-electron chi connectivity index (χ4n) is 2.97. The smallest absolute Gasteiger partial charge is 0.0457 e. The highest BCUT2D eigenvalue weighted by Gasteiger charge is 2.21. The van der Waals surface area contributed by atoms with Crippen molar-refractivity contribution in [2.45, 2.75) is 12.6 Å². The van der Waals surface area contributed by atoms with Gasteiger partial charge in [-0.15, -0.1) is 0 Å². The summed E-state index contributed by atoms with van der Waals surface area (Å²) in [6, 6.07) is 9.09. The predicted molar refractivity (Wildman–Crippen MR) is 83.9 cm³/mol. The highest BCUT2D eigenvalue weighted by atomic mass is 15.3. The lowest BCUT2D eigenvalue weighted by atomic mass is 10.1. The zero-order valence-corrected chi connectivity index (χ0v) is 12.4. The molecule has 1 atom stereocenters. The number of aromatic nitrogens is 1. The number of para-hydroxylation sites is 1. The quantitative estimate of drug-likeness (QED) is 0.885. The van der Waals surface area contributed by atoms with E-state index in [1.165, 1.54) is 23.0 Å². The number of likely N-dealkylation sites (N-methyl/N-ethyl adjacent to an activating group) is 2. The van der Waals surface area contributed by atoms with Crippen LogP contribution in [0, 0.1) is 0 Å². The van der Waals surface area contributed by atoms with Gasteiger partial charge in [-0.2, -0.15) is 0 Å². The standard InChI is InChI=1S/C16H24N4/c1-19-7-8-20(2)14(12-19)11-17-9-13-10-18-16-6-4-3-5-15(13)16/h3-6,10,14,17-18H,7-9,11-12H2,1-2H3. The van der Waals surface area contributed by atoms with Crippen LogP contribution in [-0.2, 0) is 6.54 Å². The number of nitrogens with one attached hydrogen (secondary N) is 2. The zero-order valence-electron chi connectivity index (χ0n) is 12.4. The Hall–Kier alpha value is -1.36. The van der Waals surface area contributed by atoms with Crippen LogP contribution in [0.5, 0.6) is 0 Å². The molecule has 1 aromatic heterocycles. The van der Waals surface area contributed by atoms with Crippen molar-refractivity contribution in [3.63, 3.8) is 0 Å². The Morgan fingerprint density at radius 1 is 1.25 bits per heavy atom. The van der Waals surface area contributed by atoms with E-state index in [1.54, 1.807) is 0 Å². The number of hydrogen-bond acceptors (Lipinski definition) is 3. The number of hydrogen-bond donors (Lipinski definition) is 2. The molecule has 0 amide bonds. The monoisotopic (exact) mass is 272 g/mol. The number of fused-ring (bicyclic) bond motifs is 1. The van der Waals surface area contributed by atoms with E-state index in [4.69, 9.17) is 0 Å². The summed E-state index contributed by atoms with van der Waals surface area (Å²) in [5.41, 5.74) is 2.58. The lowest BCUT2D eigenvalue weighted by Crippen LogP contribution is -2.53. The van der Waals surface area contributed by atoms with E-state index in [-0.39, 0.29) is 0 Å². The van der Waals surface area contributed by atoms with Crippen molar-refractivity contribution in [2.75, 3.05) is 40.3 Å². The van der Waals surface area contributed by atoms with Crippen molar-refractivity contribution in [1.82, 2.24) is 20.1 Å². The van der Waals surface area contributed by atoms with E-state index in [1.807, 2.05) is 0 Å². The molecule has 0 spiro atoms. The number of benzene rings is 1. The first-order valence-corrected chi connectivity index (χ1v) is 7.38. The SMILES string of the molecule is CN1CCN(C)C(CNCc2c[nH]c3ccccc23)C1. The van der Waals surface area contributed by atoms with E-state index >= 15 is 0 Å². The van der Waals surface area contributed by atoms with Gasteiger partial charge in [-0.1, -0.05) is 18.2 Å². The number of rotatable bonds is 4. The van der Waals surface area contributed by atoms with E-state index in [2.05, 4.69) is 64.7 Å². The maximum atomic E-state index is 3.61. The highest BCUT2D eigenvalue weighted by Crippen LogP contribution is 2.17. The van der Waals surface area contributed by atoms with Crippen molar-refractivity contribution in [1.29, 1.82) is 0 Å². The van der Waals surface area contributed by atoms with Crippen LogP contribution in [0.2, 0.25) is 0 Å². The Balaban J connectivity index is 1.57. The molecule has 2 heterocycles. The van der Waals surface area contributed by atoms with E-state index in [0.29, 0.717) is 6.04 Å². The minimum atomic E-state index is 0.610. The normalized spacial score (nSPS) is 21.6. The lowest BCUT2D eigenvalue weighted by molar-refractivity contribution is 0.113. The maximum absolute atomic E-state index is 3.61. The second kappa shape index (κ2) is 5.95. The first-order valence-electron chi connectivity index (χ1n) is 7.38. The summed E-state index contributed by atoms with van der Waals surface area (Å²) in [5, 5.41) is 4.94. The van der Waals surface area contributed by atoms with Gasteiger partial charge in [0.2, 0.25) is 0 Å². The van der Waals surface area contributed by atoms with Crippen molar-refractivity contribution < 1.29 is 0 Å². The molecular weight excluding hydrogens is 248 g/mol. The molecule has 1 aliphatic heterocycles. The zero-order chi connectivity index (χ0) is 13.9. The second-order valence-electron chi connectivity index (χ2n) is 5.89. The van der Waals surface area contributed by atoms with Gasteiger partial charge in [0.25, 0.3) is 0 Å². The van der Waals surface area contributed by atoms with Crippen LogP contribution in [-0.4, -0.2) is 61.1 Å². The molecule has 20 heavy (non-hydrogen) atoms. The van der Waals surface area contributed by atoms with Crippen LogP contribution in [0.3, 0.4) is 0 Å². The highest BCUT2D eigenvalue weighted by molar-refractivity contribution is 5.82. The van der Waals surface area contributed by atoms with Crippen molar-refractivity contribution in [3.05, 3.63) is 36.0 Å². The summed E-state index contributed by atoms with van der Waals surface area (Å²) < 4.78 is 0. The first kappa shape index (κ1) is 13.6. The van der Waals surface area contributed by atoms with Crippen LogP contribution in [0.1, 0.15) is 5.56 Å². The molecule has 4 heteroatoms. The van der Waals surface area contributed by atoms with Crippen molar-refractivity contribution in [3.8, 4) is 0 Å². The number of H-pyrrole nitrogens is 1. The van der Waals surface area contributed by atoms with Crippen LogP contribution in [0.25, 0.3) is 10.9 Å². The van der Waals surface area contributed by atoms with Crippen molar-refractivity contribution in [2.24, 2.45) is 0 Å². The maximum Gasteiger partial charge on any atom is 0.0457 e. The molecule has 0 radical (unpaired) electrons. The van der Waals surface area contributed by atoms with Crippen LogP contribution in [0.4, 0.5) is 0 Å². The molecule has 108 valence electrons. The molecule has 2 N–H and O–H groups in total. The predicted octanol–water partition coefficient (Wildman–Crippen LogP) is 1.50. The van der Waals surface area contributed by atoms with Gasteiger partial charge >= 0.3 is 0 Å². The van der Waals surface area contributed by atoms with E-state index in [9.17, 15) is 0 Å². The molecule has 1 saturated heterocycles. The number of piperazine rings is 1. The summed E-state index contributed by atoms with van der Waals surface area (Å²) in [4.78, 5) is 8.21. The van der Waals surface area contributed by atoms with Gasteiger partial charge in [0, 0.05) is 55.9 Å². The van der Waals surface area contributed by atoms with E-state index in [0.717, 1.165) is 26.2 Å². The van der Waals surface area contributed by atoms with Gasteiger partial charge in [0.1, 0.15) is 0 Å². The van der Waals surface area contributed by atoms with Gasteiger partial charge in [-0.3, -0.25) is 4.90 Å². The minimum absolute atomic E-state index is 0.610. The van der Waals surface area contributed by atoms with Crippen LogP contribution in [0.15, 0.2) is 30.5 Å². The summed E-state index contributed by atoms with van der Waals surface area (Å²) in [6.45, 7) is 5.46. The Kier molecular flexibility index (Phi) is 4.05. The molecule has 0 saturated carbocycles. The summed E-state index contributed by atoms with van der Waals surface area (Å²) in [5.74, 6) is 0. The summed E-state index contributed by atoms with van der Waals surface area (Å²) in [6.07, 6.45) is 2.12.